The summed E-state index contributed by atoms with van der Waals surface area (Å²) in [4.78, 5) is 35.9. The first-order chi connectivity index (χ1) is 17.0. The Morgan fingerprint density at radius 1 is 1.17 bits per heavy atom. The van der Waals surface area contributed by atoms with Crippen LogP contribution in [0.15, 0.2) is 24.7 Å². The van der Waals surface area contributed by atoms with Gasteiger partial charge < -0.3 is 10.6 Å². The van der Waals surface area contributed by atoms with E-state index in [1.165, 1.54) is 12.4 Å². The van der Waals surface area contributed by atoms with Crippen molar-refractivity contribution in [3.63, 3.8) is 0 Å². The Morgan fingerprint density at radius 3 is 2.58 bits per heavy atom. The first-order valence-electron chi connectivity index (χ1n) is 11.1. The Morgan fingerprint density at radius 2 is 1.89 bits per heavy atom. The van der Waals surface area contributed by atoms with E-state index in [0.717, 1.165) is 49.2 Å². The number of carbonyl (C=O) groups is 2. The second-order valence-electron chi connectivity index (χ2n) is 8.37. The number of halogens is 4. The van der Waals surface area contributed by atoms with Gasteiger partial charge in [-0.05, 0) is 38.9 Å². The molecule has 2 amide bonds. The molecular formula is C22H23ClF3N7O2S. The maximum Gasteiger partial charge on any atom is 0.418 e. The number of aromatic nitrogens is 4. The van der Waals surface area contributed by atoms with E-state index in [9.17, 15) is 22.8 Å². The highest BCUT2D eigenvalue weighted by atomic mass is 35.5. The zero-order valence-corrected chi connectivity index (χ0v) is 21.0. The fourth-order valence-corrected chi connectivity index (χ4v) is 4.85. The van der Waals surface area contributed by atoms with E-state index >= 15 is 0 Å². The highest BCUT2D eigenvalue weighted by Crippen LogP contribution is 2.35. The molecule has 1 unspecified atom stereocenters. The SMILES string of the molecule is CC(NC(=O)c1cnn(C)c1CN1CCCC1)c1ncc(C(=O)Nc2cc(C(F)(F)F)c(Cl)cn2)s1. The van der Waals surface area contributed by atoms with Gasteiger partial charge in [-0.15, -0.1) is 11.3 Å². The average molecular weight is 542 g/mol. The van der Waals surface area contributed by atoms with Gasteiger partial charge in [-0.25, -0.2) is 9.97 Å². The lowest BCUT2D eigenvalue weighted by molar-refractivity contribution is -0.137. The molecule has 0 bridgehead atoms. The van der Waals surface area contributed by atoms with Crippen LogP contribution >= 0.6 is 22.9 Å². The van der Waals surface area contributed by atoms with Crippen molar-refractivity contribution in [2.75, 3.05) is 18.4 Å². The van der Waals surface area contributed by atoms with Crippen LogP contribution in [0, 0.1) is 0 Å². The minimum absolute atomic E-state index is 0.146. The van der Waals surface area contributed by atoms with Crippen LogP contribution in [-0.2, 0) is 19.8 Å². The van der Waals surface area contributed by atoms with Crippen LogP contribution in [0.5, 0.6) is 0 Å². The number of thiazole rings is 1. The fraction of sp³-hybridized carbons (Fsp3) is 0.409. The number of pyridine rings is 1. The van der Waals surface area contributed by atoms with Gasteiger partial charge in [-0.2, -0.15) is 18.3 Å². The lowest BCUT2D eigenvalue weighted by atomic mass is 10.2. The van der Waals surface area contributed by atoms with E-state index in [4.69, 9.17) is 11.6 Å². The Labute approximate surface area is 213 Å². The first kappa shape index (κ1) is 26.0. The molecule has 0 spiro atoms. The van der Waals surface area contributed by atoms with Crippen molar-refractivity contribution >= 4 is 40.6 Å². The zero-order valence-electron chi connectivity index (χ0n) is 19.4. The minimum Gasteiger partial charge on any atom is -0.343 e. The van der Waals surface area contributed by atoms with Crippen molar-refractivity contribution in [3.8, 4) is 0 Å². The van der Waals surface area contributed by atoms with Gasteiger partial charge >= 0.3 is 6.18 Å². The van der Waals surface area contributed by atoms with Gasteiger partial charge in [-0.1, -0.05) is 11.6 Å². The van der Waals surface area contributed by atoms with Crippen molar-refractivity contribution in [1.29, 1.82) is 0 Å². The summed E-state index contributed by atoms with van der Waals surface area (Å²) in [5, 5.41) is 9.32. The Hall–Kier alpha value is -3.03. The lowest BCUT2D eigenvalue weighted by Gasteiger charge is -2.17. The third kappa shape index (κ3) is 5.85. The average Bonchev–Trinajstić information content (AvgIpc) is 3.57. The zero-order chi connectivity index (χ0) is 26.0. The molecule has 3 aromatic rings. The van der Waals surface area contributed by atoms with Gasteiger partial charge in [-0.3, -0.25) is 19.2 Å². The van der Waals surface area contributed by atoms with E-state index in [2.05, 4.69) is 30.6 Å². The molecule has 2 N–H and O–H groups in total. The normalized spacial score (nSPS) is 15.2. The van der Waals surface area contributed by atoms with E-state index in [-0.39, 0.29) is 16.6 Å². The first-order valence-corrected chi connectivity index (χ1v) is 12.3. The van der Waals surface area contributed by atoms with E-state index in [1.807, 2.05) is 0 Å². The molecule has 1 fully saturated rings. The van der Waals surface area contributed by atoms with Gasteiger partial charge in [0, 0.05) is 19.8 Å². The summed E-state index contributed by atoms with van der Waals surface area (Å²) in [5.74, 6) is -1.29. The van der Waals surface area contributed by atoms with Gasteiger partial charge in [0.15, 0.2) is 0 Å². The van der Waals surface area contributed by atoms with E-state index < -0.39 is 28.7 Å². The summed E-state index contributed by atoms with van der Waals surface area (Å²) in [6.07, 6.45) is 1.23. The van der Waals surface area contributed by atoms with Crippen molar-refractivity contribution < 1.29 is 22.8 Å². The molecule has 3 aromatic heterocycles. The largest absolute Gasteiger partial charge is 0.418 e. The Bertz CT molecular complexity index is 1270. The van der Waals surface area contributed by atoms with Gasteiger partial charge in [0.1, 0.15) is 15.7 Å². The number of amides is 2. The Kier molecular flexibility index (Phi) is 7.62. The van der Waals surface area contributed by atoms with Crippen molar-refractivity contribution in [3.05, 3.63) is 56.4 Å². The monoisotopic (exact) mass is 541 g/mol. The molecule has 1 atom stereocenters. The molecule has 4 heterocycles. The van der Waals surface area contributed by atoms with Crippen molar-refractivity contribution in [1.82, 2.24) is 30.0 Å². The molecule has 1 saturated heterocycles. The quantitative estimate of drug-likeness (QED) is 0.462. The number of aryl methyl sites for hydroxylation is 1. The van der Waals surface area contributed by atoms with Crippen LogP contribution in [-0.4, -0.2) is 49.6 Å². The number of hydrogen-bond acceptors (Lipinski definition) is 7. The predicted octanol–water partition coefficient (Wildman–Crippen LogP) is 4.28. The number of rotatable bonds is 7. The summed E-state index contributed by atoms with van der Waals surface area (Å²) in [6, 6.07) is 0.146. The molecular weight excluding hydrogens is 519 g/mol. The molecule has 0 saturated carbocycles. The summed E-state index contributed by atoms with van der Waals surface area (Å²) < 4.78 is 40.9. The highest BCUT2D eigenvalue weighted by Gasteiger charge is 2.34. The highest BCUT2D eigenvalue weighted by molar-refractivity contribution is 7.13. The molecule has 1 aliphatic heterocycles. The van der Waals surface area contributed by atoms with E-state index in [1.54, 1.807) is 18.7 Å². The van der Waals surface area contributed by atoms with Gasteiger partial charge in [0.05, 0.1) is 40.3 Å². The molecule has 0 radical (unpaired) electrons. The summed E-state index contributed by atoms with van der Waals surface area (Å²) in [6.45, 7) is 4.32. The number of hydrogen-bond donors (Lipinski definition) is 2. The van der Waals surface area contributed by atoms with Crippen LogP contribution in [0.2, 0.25) is 5.02 Å². The number of carbonyl (C=O) groups excluding carboxylic acids is 2. The van der Waals surface area contributed by atoms with Crippen LogP contribution in [0.3, 0.4) is 0 Å². The number of alkyl halides is 3. The van der Waals surface area contributed by atoms with Crippen LogP contribution in [0.4, 0.5) is 19.0 Å². The van der Waals surface area contributed by atoms with Crippen molar-refractivity contribution in [2.45, 2.75) is 38.5 Å². The second kappa shape index (κ2) is 10.5. The van der Waals surface area contributed by atoms with E-state index in [0.29, 0.717) is 23.2 Å². The number of nitrogens with zero attached hydrogens (tertiary/aromatic N) is 5. The Balaban J connectivity index is 1.41. The predicted molar refractivity (Wildman–Crippen MR) is 128 cm³/mol. The summed E-state index contributed by atoms with van der Waals surface area (Å²) in [7, 11) is 1.80. The molecule has 4 rings (SSSR count). The summed E-state index contributed by atoms with van der Waals surface area (Å²) in [5.41, 5.74) is 0.185. The standard InChI is InChI=1S/C22H23ClF3N7O2S/c1-12(30-19(34)13-8-29-32(2)16(13)11-33-5-3-4-6-33)21-28-10-17(36-21)20(35)31-18-7-14(22(24,25)26)15(23)9-27-18/h7-10,12H,3-6,11H2,1-2H3,(H,30,34)(H,27,31,35). The van der Waals surface area contributed by atoms with Crippen LogP contribution < -0.4 is 10.6 Å². The molecule has 0 aliphatic carbocycles. The smallest absolute Gasteiger partial charge is 0.343 e. The second-order valence-corrected chi connectivity index (χ2v) is 9.84. The van der Waals surface area contributed by atoms with Crippen molar-refractivity contribution in [2.24, 2.45) is 7.05 Å². The molecule has 36 heavy (non-hydrogen) atoms. The van der Waals surface area contributed by atoms with Gasteiger partial charge in [0.2, 0.25) is 0 Å². The number of anilines is 1. The molecule has 14 heteroatoms. The summed E-state index contributed by atoms with van der Waals surface area (Å²) >= 11 is 6.58. The van der Waals surface area contributed by atoms with Gasteiger partial charge in [0.25, 0.3) is 11.8 Å². The third-order valence-electron chi connectivity index (χ3n) is 5.75. The topological polar surface area (TPSA) is 105 Å². The molecule has 192 valence electrons. The molecule has 1 aliphatic rings. The molecule has 0 aromatic carbocycles. The number of likely N-dealkylation sites (tertiary alicyclic amines) is 1. The van der Waals surface area contributed by atoms with Crippen LogP contribution in [0.1, 0.15) is 62.1 Å². The third-order valence-corrected chi connectivity index (χ3v) is 7.23. The van der Waals surface area contributed by atoms with Crippen LogP contribution in [0.25, 0.3) is 0 Å². The maximum atomic E-state index is 13.1. The number of nitrogens with one attached hydrogen (secondary N) is 2. The minimum atomic E-state index is -4.69. The fourth-order valence-electron chi connectivity index (χ4n) is 3.82. The maximum absolute atomic E-state index is 13.1. The lowest BCUT2D eigenvalue weighted by Crippen LogP contribution is -2.29. The molecule has 9 nitrogen and oxygen atoms in total.